The number of hydrogen-bond acceptors (Lipinski definition) is 6. The second-order valence-electron chi connectivity index (χ2n) is 9.64. The maximum absolute atomic E-state index is 13.8. The highest BCUT2D eigenvalue weighted by Gasteiger charge is 2.29. The molecule has 37 heavy (non-hydrogen) atoms. The smallest absolute Gasteiger partial charge is 0.327 e. The summed E-state index contributed by atoms with van der Waals surface area (Å²) >= 11 is 0. The van der Waals surface area contributed by atoms with Crippen LogP contribution in [0.15, 0.2) is 77.7 Å². The van der Waals surface area contributed by atoms with Crippen molar-refractivity contribution in [3.05, 3.63) is 73.3 Å². The molecule has 1 N–H and O–H groups in total. The van der Waals surface area contributed by atoms with Gasteiger partial charge in [0, 0.05) is 56.2 Å². The Bertz CT molecular complexity index is 1380. The van der Waals surface area contributed by atoms with Crippen molar-refractivity contribution >= 4 is 28.9 Å². The second kappa shape index (κ2) is 10.3. The first kappa shape index (κ1) is 24.4. The van der Waals surface area contributed by atoms with Crippen molar-refractivity contribution in [3.63, 3.8) is 0 Å². The molecule has 3 heterocycles. The first-order valence-corrected chi connectivity index (χ1v) is 12.5. The summed E-state index contributed by atoms with van der Waals surface area (Å²) in [6, 6.07) is 19.7. The molecule has 190 valence electrons. The van der Waals surface area contributed by atoms with Crippen LogP contribution < -0.4 is 20.0 Å². The van der Waals surface area contributed by atoms with E-state index < -0.39 is 0 Å². The Hall–Kier alpha value is -4.33. The number of fused-ring (bicyclic) bond motifs is 1. The third kappa shape index (κ3) is 5.14. The van der Waals surface area contributed by atoms with Crippen molar-refractivity contribution in [2.24, 2.45) is 0 Å². The fourth-order valence-electron chi connectivity index (χ4n) is 4.69. The van der Waals surface area contributed by atoms with Crippen LogP contribution in [-0.2, 0) is 0 Å². The van der Waals surface area contributed by atoms with Gasteiger partial charge in [0.05, 0.1) is 17.6 Å². The van der Waals surface area contributed by atoms with Crippen molar-refractivity contribution in [2.75, 3.05) is 47.7 Å². The van der Waals surface area contributed by atoms with Crippen LogP contribution in [0.5, 0.6) is 0 Å². The molecule has 0 bridgehead atoms. The average Bonchev–Trinajstić information content (AvgIpc) is 3.43. The molecule has 0 fully saturated rings. The number of pyridine rings is 1. The van der Waals surface area contributed by atoms with E-state index in [2.05, 4.69) is 58.3 Å². The highest BCUT2D eigenvalue weighted by molar-refractivity contribution is 6.04. The largest absolute Gasteiger partial charge is 0.444 e. The molecular formula is C29H32N6O2. The number of carbonyl (C=O) groups excluding carboxylic acids is 1. The Kier molecular flexibility index (Phi) is 6.81. The summed E-state index contributed by atoms with van der Waals surface area (Å²) in [4.78, 5) is 28.9. The molecule has 0 unspecified atom stereocenters. The molecule has 2 amide bonds. The summed E-state index contributed by atoms with van der Waals surface area (Å²) < 4.78 is 5.43. The van der Waals surface area contributed by atoms with Crippen LogP contribution in [-0.4, -0.2) is 49.7 Å². The maximum Gasteiger partial charge on any atom is 0.327 e. The zero-order valence-electron chi connectivity index (χ0n) is 21.7. The van der Waals surface area contributed by atoms with Gasteiger partial charge < -0.3 is 19.5 Å². The molecule has 5 rings (SSSR count). The fraction of sp³-hybridized carbons (Fsp3) is 0.276. The first-order valence-electron chi connectivity index (χ1n) is 12.5. The van der Waals surface area contributed by atoms with Gasteiger partial charge in [0.2, 0.25) is 0 Å². The number of nitrogens with one attached hydrogen (secondary N) is 1. The molecule has 0 saturated carbocycles. The van der Waals surface area contributed by atoms with Gasteiger partial charge in [-0.05, 0) is 56.2 Å². The Morgan fingerprint density at radius 2 is 1.89 bits per heavy atom. The number of aromatic nitrogens is 2. The van der Waals surface area contributed by atoms with Gasteiger partial charge in [0.1, 0.15) is 0 Å². The summed E-state index contributed by atoms with van der Waals surface area (Å²) in [5.74, 6) is 1.31. The number of rotatable bonds is 4. The Labute approximate surface area is 217 Å². The molecule has 4 aromatic rings. The SMILES string of the molecule is C[C@H]1CCCN(C)c2ccc(-c3cccc(N(C)C)c3)nc2N1C(=O)Nc1cccc(-c2cnco2)c1. The van der Waals surface area contributed by atoms with E-state index in [1.54, 1.807) is 11.1 Å². The van der Waals surface area contributed by atoms with Crippen LogP contribution in [0, 0.1) is 0 Å². The molecule has 1 aliphatic rings. The van der Waals surface area contributed by atoms with E-state index >= 15 is 0 Å². The molecule has 1 aliphatic heterocycles. The number of urea groups is 1. The number of carbonyl (C=O) groups is 1. The van der Waals surface area contributed by atoms with Gasteiger partial charge in [-0.3, -0.25) is 4.90 Å². The van der Waals surface area contributed by atoms with Crippen LogP contribution in [0.3, 0.4) is 0 Å². The van der Waals surface area contributed by atoms with E-state index in [1.807, 2.05) is 50.5 Å². The molecule has 0 aliphatic carbocycles. The predicted octanol–water partition coefficient (Wildman–Crippen LogP) is 6.13. The summed E-state index contributed by atoms with van der Waals surface area (Å²) in [5.41, 5.74) is 5.39. The Morgan fingerprint density at radius 1 is 1.08 bits per heavy atom. The van der Waals surface area contributed by atoms with E-state index in [-0.39, 0.29) is 12.1 Å². The molecule has 2 aromatic heterocycles. The molecule has 8 heteroatoms. The number of amides is 2. The Morgan fingerprint density at radius 3 is 2.68 bits per heavy atom. The van der Waals surface area contributed by atoms with Crippen LogP contribution in [0.25, 0.3) is 22.6 Å². The van der Waals surface area contributed by atoms with Crippen LogP contribution >= 0.6 is 0 Å². The quantitative estimate of drug-likeness (QED) is 0.366. The molecule has 0 saturated heterocycles. The lowest BCUT2D eigenvalue weighted by Gasteiger charge is -2.35. The molecule has 0 spiro atoms. The minimum atomic E-state index is -0.217. The summed E-state index contributed by atoms with van der Waals surface area (Å²) in [6.45, 7) is 2.99. The van der Waals surface area contributed by atoms with Crippen LogP contribution in [0.2, 0.25) is 0 Å². The van der Waals surface area contributed by atoms with E-state index in [0.717, 1.165) is 47.6 Å². The molecule has 2 aromatic carbocycles. The minimum Gasteiger partial charge on any atom is -0.444 e. The number of anilines is 4. The summed E-state index contributed by atoms with van der Waals surface area (Å²) in [6.07, 6.45) is 4.91. The minimum absolute atomic E-state index is 0.0271. The maximum atomic E-state index is 13.8. The van der Waals surface area contributed by atoms with Crippen LogP contribution in [0.4, 0.5) is 27.7 Å². The van der Waals surface area contributed by atoms with Gasteiger partial charge in [-0.2, -0.15) is 0 Å². The topological polar surface area (TPSA) is 77.7 Å². The van der Waals surface area contributed by atoms with Gasteiger partial charge >= 0.3 is 6.03 Å². The summed E-state index contributed by atoms with van der Waals surface area (Å²) in [5, 5.41) is 3.09. The fourth-order valence-corrected chi connectivity index (χ4v) is 4.69. The van der Waals surface area contributed by atoms with E-state index in [9.17, 15) is 4.79 Å². The van der Waals surface area contributed by atoms with Crippen molar-refractivity contribution in [1.29, 1.82) is 0 Å². The number of nitrogens with zero attached hydrogens (tertiary/aromatic N) is 5. The van der Waals surface area contributed by atoms with Gasteiger partial charge in [-0.25, -0.2) is 14.8 Å². The molecule has 0 radical (unpaired) electrons. The third-order valence-electron chi connectivity index (χ3n) is 6.76. The lowest BCUT2D eigenvalue weighted by Crippen LogP contribution is -2.44. The third-order valence-corrected chi connectivity index (χ3v) is 6.76. The standard InChI is InChI=1S/C29H32N6O2/c1-20-8-7-15-34(4)26-14-13-25(21-9-6-12-24(17-21)33(2)3)32-28(26)35(20)29(36)31-23-11-5-10-22(16-23)27-18-30-19-37-27/h5-6,9-14,16-20H,7-8,15H2,1-4H3,(H,31,36)/t20-/m0/s1. The lowest BCUT2D eigenvalue weighted by atomic mass is 10.1. The second-order valence-corrected chi connectivity index (χ2v) is 9.64. The first-order chi connectivity index (χ1) is 17.9. The van der Waals surface area contributed by atoms with E-state index in [1.165, 1.54) is 6.39 Å². The van der Waals surface area contributed by atoms with E-state index in [4.69, 9.17) is 9.40 Å². The monoisotopic (exact) mass is 496 g/mol. The van der Waals surface area contributed by atoms with Crippen molar-refractivity contribution in [3.8, 4) is 22.6 Å². The Balaban J connectivity index is 1.52. The highest BCUT2D eigenvalue weighted by Crippen LogP contribution is 2.35. The van der Waals surface area contributed by atoms with Crippen molar-refractivity contribution < 1.29 is 9.21 Å². The molecular weight excluding hydrogens is 464 g/mol. The summed E-state index contributed by atoms with van der Waals surface area (Å²) in [7, 11) is 6.10. The average molecular weight is 497 g/mol. The normalized spacial score (nSPS) is 15.5. The van der Waals surface area contributed by atoms with Crippen molar-refractivity contribution in [2.45, 2.75) is 25.8 Å². The predicted molar refractivity (Wildman–Crippen MR) is 149 cm³/mol. The molecule has 8 nitrogen and oxygen atoms in total. The van der Waals surface area contributed by atoms with Gasteiger partial charge in [-0.15, -0.1) is 0 Å². The van der Waals surface area contributed by atoms with Gasteiger partial charge in [-0.1, -0.05) is 24.3 Å². The number of benzene rings is 2. The lowest BCUT2D eigenvalue weighted by molar-refractivity contribution is 0.254. The number of oxazole rings is 1. The van der Waals surface area contributed by atoms with Crippen molar-refractivity contribution in [1.82, 2.24) is 9.97 Å². The number of hydrogen-bond donors (Lipinski definition) is 1. The highest BCUT2D eigenvalue weighted by atomic mass is 16.3. The van der Waals surface area contributed by atoms with E-state index in [0.29, 0.717) is 17.3 Å². The molecule has 1 atom stereocenters. The van der Waals surface area contributed by atoms with Gasteiger partial charge in [0.25, 0.3) is 0 Å². The van der Waals surface area contributed by atoms with Crippen LogP contribution in [0.1, 0.15) is 19.8 Å². The zero-order chi connectivity index (χ0) is 25.9. The van der Waals surface area contributed by atoms with Gasteiger partial charge in [0.15, 0.2) is 18.0 Å². The zero-order valence-corrected chi connectivity index (χ0v) is 21.7.